The molecule has 0 atom stereocenters. The van der Waals surface area contributed by atoms with Crippen LogP contribution < -0.4 is 15.0 Å². The van der Waals surface area contributed by atoms with Gasteiger partial charge in [-0.2, -0.15) is 0 Å². The van der Waals surface area contributed by atoms with E-state index >= 15 is 0 Å². The number of anilines is 2. The van der Waals surface area contributed by atoms with Gasteiger partial charge >= 0.3 is 0 Å². The van der Waals surface area contributed by atoms with Gasteiger partial charge in [0.25, 0.3) is 0 Å². The minimum atomic E-state index is 0.702. The molecule has 1 fully saturated rings. The first-order valence-corrected chi connectivity index (χ1v) is 7.32. The lowest BCUT2D eigenvalue weighted by Crippen LogP contribution is -2.19. The molecule has 0 saturated heterocycles. The van der Waals surface area contributed by atoms with Crippen LogP contribution in [0.5, 0.6) is 5.75 Å². The summed E-state index contributed by atoms with van der Waals surface area (Å²) in [7, 11) is 3.75. The van der Waals surface area contributed by atoms with E-state index in [1.54, 1.807) is 7.11 Å². The maximum absolute atomic E-state index is 5.30. The standard InChI is InChI=1S/C17H21N3O/c1-20(15-4-3-5-16(10-15)21-2)17-12-18-9-8-13(17)11-19-14-6-7-14/h3-5,8-10,12,14,19H,6-7,11H2,1-2H3. The van der Waals surface area contributed by atoms with E-state index in [0.717, 1.165) is 23.7 Å². The Bertz CT molecular complexity index is 610. The van der Waals surface area contributed by atoms with Gasteiger partial charge in [-0.15, -0.1) is 0 Å². The molecule has 110 valence electrons. The molecule has 0 bridgehead atoms. The average molecular weight is 283 g/mol. The SMILES string of the molecule is COc1cccc(N(C)c2cnccc2CNC2CC2)c1. The van der Waals surface area contributed by atoms with Crippen LogP contribution >= 0.6 is 0 Å². The van der Waals surface area contributed by atoms with Gasteiger partial charge in [-0.25, -0.2) is 0 Å². The smallest absolute Gasteiger partial charge is 0.120 e. The summed E-state index contributed by atoms with van der Waals surface area (Å²) in [4.78, 5) is 6.43. The van der Waals surface area contributed by atoms with Crippen molar-refractivity contribution in [3.05, 3.63) is 48.3 Å². The highest BCUT2D eigenvalue weighted by Gasteiger charge is 2.21. The zero-order valence-corrected chi connectivity index (χ0v) is 12.5. The van der Waals surface area contributed by atoms with E-state index in [1.165, 1.54) is 18.4 Å². The van der Waals surface area contributed by atoms with Crippen LogP contribution in [-0.2, 0) is 6.54 Å². The van der Waals surface area contributed by atoms with Crippen LogP contribution in [-0.4, -0.2) is 25.2 Å². The molecule has 2 aromatic rings. The minimum absolute atomic E-state index is 0.702. The van der Waals surface area contributed by atoms with Crippen LogP contribution in [0, 0.1) is 0 Å². The van der Waals surface area contributed by atoms with Gasteiger partial charge in [0.15, 0.2) is 0 Å². The number of methoxy groups -OCH3 is 1. The molecule has 0 amide bonds. The maximum atomic E-state index is 5.30. The van der Waals surface area contributed by atoms with E-state index in [-0.39, 0.29) is 0 Å². The van der Waals surface area contributed by atoms with Crippen LogP contribution in [0.15, 0.2) is 42.7 Å². The highest BCUT2D eigenvalue weighted by Crippen LogP contribution is 2.29. The maximum Gasteiger partial charge on any atom is 0.120 e. The first-order valence-electron chi connectivity index (χ1n) is 7.32. The third-order valence-electron chi connectivity index (χ3n) is 3.85. The van der Waals surface area contributed by atoms with Crippen LogP contribution in [0.25, 0.3) is 0 Å². The molecule has 21 heavy (non-hydrogen) atoms. The molecule has 0 radical (unpaired) electrons. The molecule has 0 unspecified atom stereocenters. The molecule has 1 aliphatic rings. The van der Waals surface area contributed by atoms with Crippen LogP contribution in [0.3, 0.4) is 0 Å². The van der Waals surface area contributed by atoms with Gasteiger partial charge < -0.3 is 15.0 Å². The summed E-state index contributed by atoms with van der Waals surface area (Å²) in [5.74, 6) is 0.862. The van der Waals surface area contributed by atoms with E-state index in [1.807, 2.05) is 30.6 Å². The third kappa shape index (κ3) is 3.34. The molecule has 4 nitrogen and oxygen atoms in total. The van der Waals surface area contributed by atoms with Crippen molar-refractivity contribution in [1.29, 1.82) is 0 Å². The fraction of sp³-hybridized carbons (Fsp3) is 0.353. The zero-order valence-electron chi connectivity index (χ0n) is 12.5. The fourth-order valence-electron chi connectivity index (χ4n) is 2.37. The average Bonchev–Trinajstić information content (AvgIpc) is 3.37. The Hall–Kier alpha value is -2.07. The van der Waals surface area contributed by atoms with E-state index in [0.29, 0.717) is 6.04 Å². The van der Waals surface area contributed by atoms with Crippen molar-refractivity contribution in [3.8, 4) is 5.75 Å². The number of pyridine rings is 1. The molecule has 1 aromatic heterocycles. The van der Waals surface area contributed by atoms with Crippen LogP contribution in [0.1, 0.15) is 18.4 Å². The number of hydrogen-bond acceptors (Lipinski definition) is 4. The number of benzene rings is 1. The molecular weight excluding hydrogens is 262 g/mol. The Labute approximate surface area is 125 Å². The number of nitrogens with zero attached hydrogens (tertiary/aromatic N) is 2. The van der Waals surface area contributed by atoms with Gasteiger partial charge in [0.05, 0.1) is 19.0 Å². The van der Waals surface area contributed by atoms with E-state index in [4.69, 9.17) is 4.74 Å². The number of rotatable bonds is 6. The second-order valence-corrected chi connectivity index (χ2v) is 5.42. The number of ether oxygens (including phenoxy) is 1. The summed E-state index contributed by atoms with van der Waals surface area (Å²) in [6.07, 6.45) is 6.37. The van der Waals surface area contributed by atoms with Gasteiger partial charge in [-0.1, -0.05) is 6.07 Å². The lowest BCUT2D eigenvalue weighted by Gasteiger charge is -2.22. The number of aromatic nitrogens is 1. The van der Waals surface area contributed by atoms with E-state index in [9.17, 15) is 0 Å². The van der Waals surface area contributed by atoms with Gasteiger partial charge in [0.1, 0.15) is 5.75 Å². The van der Waals surface area contributed by atoms with Gasteiger partial charge in [-0.05, 0) is 36.6 Å². The molecule has 1 aliphatic carbocycles. The molecule has 0 spiro atoms. The van der Waals surface area contributed by atoms with Crippen molar-refractivity contribution in [2.75, 3.05) is 19.1 Å². The third-order valence-corrected chi connectivity index (χ3v) is 3.85. The topological polar surface area (TPSA) is 37.4 Å². The number of nitrogens with one attached hydrogen (secondary N) is 1. The first-order chi connectivity index (χ1) is 10.3. The second-order valence-electron chi connectivity index (χ2n) is 5.42. The fourth-order valence-corrected chi connectivity index (χ4v) is 2.37. The zero-order chi connectivity index (χ0) is 14.7. The second kappa shape index (κ2) is 6.14. The summed E-state index contributed by atoms with van der Waals surface area (Å²) in [6, 6.07) is 10.9. The molecule has 0 aliphatic heterocycles. The molecular formula is C17H21N3O. The van der Waals surface area contributed by atoms with Crippen molar-refractivity contribution in [3.63, 3.8) is 0 Å². The quantitative estimate of drug-likeness (QED) is 0.884. The summed E-state index contributed by atoms with van der Waals surface area (Å²) in [5.41, 5.74) is 3.48. The Kier molecular flexibility index (Phi) is 4.06. The summed E-state index contributed by atoms with van der Waals surface area (Å²) < 4.78 is 5.30. The predicted molar refractivity (Wildman–Crippen MR) is 85.2 cm³/mol. The van der Waals surface area contributed by atoms with Crippen LogP contribution in [0.4, 0.5) is 11.4 Å². The lowest BCUT2D eigenvalue weighted by atomic mass is 10.2. The highest BCUT2D eigenvalue weighted by molar-refractivity contribution is 5.66. The first kappa shape index (κ1) is 13.9. The van der Waals surface area contributed by atoms with Crippen molar-refractivity contribution < 1.29 is 4.74 Å². The summed E-state index contributed by atoms with van der Waals surface area (Å²) in [5, 5.41) is 3.56. The van der Waals surface area contributed by atoms with Crippen LogP contribution in [0.2, 0.25) is 0 Å². The van der Waals surface area contributed by atoms with Gasteiger partial charge in [-0.3, -0.25) is 4.98 Å². The lowest BCUT2D eigenvalue weighted by molar-refractivity contribution is 0.415. The Morgan fingerprint density at radius 1 is 1.33 bits per heavy atom. The van der Waals surface area contributed by atoms with E-state index in [2.05, 4.69) is 34.4 Å². The summed E-state index contributed by atoms with van der Waals surface area (Å²) >= 11 is 0. The molecule has 4 heteroatoms. The van der Waals surface area contributed by atoms with E-state index < -0.39 is 0 Å². The monoisotopic (exact) mass is 283 g/mol. The molecule has 1 N–H and O–H groups in total. The molecule has 1 heterocycles. The van der Waals surface area contributed by atoms with Crippen molar-refractivity contribution in [2.24, 2.45) is 0 Å². The van der Waals surface area contributed by atoms with Crippen molar-refractivity contribution in [2.45, 2.75) is 25.4 Å². The Morgan fingerprint density at radius 3 is 2.95 bits per heavy atom. The Morgan fingerprint density at radius 2 is 2.19 bits per heavy atom. The van der Waals surface area contributed by atoms with Gasteiger partial charge in [0.2, 0.25) is 0 Å². The summed E-state index contributed by atoms with van der Waals surface area (Å²) in [6.45, 7) is 0.886. The number of hydrogen-bond donors (Lipinski definition) is 1. The molecule has 1 aromatic carbocycles. The molecule has 1 saturated carbocycles. The highest BCUT2D eigenvalue weighted by atomic mass is 16.5. The normalized spacial score (nSPS) is 14.0. The van der Waals surface area contributed by atoms with Gasteiger partial charge in [0, 0.05) is 37.6 Å². The van der Waals surface area contributed by atoms with Crippen molar-refractivity contribution in [1.82, 2.24) is 10.3 Å². The molecule has 3 rings (SSSR count). The minimum Gasteiger partial charge on any atom is -0.497 e. The van der Waals surface area contributed by atoms with Crippen molar-refractivity contribution >= 4 is 11.4 Å². The predicted octanol–water partition coefficient (Wildman–Crippen LogP) is 3.11. The Balaban J connectivity index is 1.83. The largest absolute Gasteiger partial charge is 0.497 e.